The molecule has 0 amide bonds. The number of hydrogen-bond donors (Lipinski definition) is 1. The van der Waals surface area contributed by atoms with Crippen LogP contribution in [0.2, 0.25) is 5.02 Å². The van der Waals surface area contributed by atoms with Crippen LogP contribution >= 0.6 is 11.6 Å². The maximum Gasteiger partial charge on any atom is 0.246 e. The molecule has 1 aliphatic heterocycles. The molecule has 1 N–H and O–H groups in total. The quantitative estimate of drug-likeness (QED) is 0.733. The van der Waals surface area contributed by atoms with Gasteiger partial charge in [0.2, 0.25) is 10.0 Å². The summed E-state index contributed by atoms with van der Waals surface area (Å²) in [5, 5.41) is 10.4. The molecule has 0 atom stereocenters. The summed E-state index contributed by atoms with van der Waals surface area (Å²) in [5.74, 6) is 0.355. The topological polar surface area (TPSA) is 79.2 Å². The van der Waals surface area contributed by atoms with Gasteiger partial charge in [-0.05, 0) is 56.2 Å². The van der Waals surface area contributed by atoms with Crippen LogP contribution < -0.4 is 4.74 Å². The molecule has 0 aromatic heterocycles. The maximum atomic E-state index is 13.0. The lowest BCUT2D eigenvalue weighted by Gasteiger charge is -2.18. The number of ether oxygens (including phenoxy) is 1. The molecule has 1 saturated heterocycles. The van der Waals surface area contributed by atoms with Crippen molar-refractivity contribution in [1.29, 1.82) is 0 Å². The van der Waals surface area contributed by atoms with Gasteiger partial charge in [0.1, 0.15) is 16.4 Å². The van der Waals surface area contributed by atoms with Crippen molar-refractivity contribution >= 4 is 33.5 Å². The zero-order valence-corrected chi connectivity index (χ0v) is 16.5. The van der Waals surface area contributed by atoms with E-state index in [1.807, 2.05) is 0 Å². The summed E-state index contributed by atoms with van der Waals surface area (Å²) in [7, 11) is -3.65. The van der Waals surface area contributed by atoms with E-state index in [4.69, 9.17) is 16.3 Å². The third-order valence-corrected chi connectivity index (χ3v) is 6.41. The third kappa shape index (κ3) is 4.43. The zero-order chi connectivity index (χ0) is 19.4. The second-order valence-electron chi connectivity index (χ2n) is 6.14. The van der Waals surface area contributed by atoms with Crippen LogP contribution in [-0.2, 0) is 10.0 Å². The van der Waals surface area contributed by atoms with Crippen molar-refractivity contribution in [3.63, 3.8) is 0 Å². The number of benzene rings is 2. The molecule has 8 heteroatoms. The summed E-state index contributed by atoms with van der Waals surface area (Å²) in [4.78, 5) is 4.41. The largest absolute Gasteiger partial charge is 0.507 e. The van der Waals surface area contributed by atoms with Crippen LogP contribution in [0.3, 0.4) is 0 Å². The Balaban J connectivity index is 1.98. The summed E-state index contributed by atoms with van der Waals surface area (Å²) in [5.41, 5.74) is 0.885. The highest BCUT2D eigenvalue weighted by Crippen LogP contribution is 2.32. The van der Waals surface area contributed by atoms with E-state index in [9.17, 15) is 13.5 Å². The Morgan fingerprint density at radius 2 is 1.96 bits per heavy atom. The Morgan fingerprint density at radius 3 is 2.67 bits per heavy atom. The second kappa shape index (κ2) is 8.29. The van der Waals surface area contributed by atoms with E-state index < -0.39 is 10.0 Å². The molecule has 0 radical (unpaired) electrons. The number of phenols is 1. The number of aromatic hydroxyl groups is 1. The molecule has 0 bridgehead atoms. The number of nitrogens with zero attached hydrogens (tertiary/aromatic N) is 2. The van der Waals surface area contributed by atoms with Crippen molar-refractivity contribution in [2.45, 2.75) is 24.7 Å². The maximum absolute atomic E-state index is 13.0. The van der Waals surface area contributed by atoms with Gasteiger partial charge in [-0.25, -0.2) is 8.42 Å². The number of rotatable bonds is 6. The molecule has 1 heterocycles. The fraction of sp³-hybridized carbons (Fsp3) is 0.316. The van der Waals surface area contributed by atoms with Gasteiger partial charge in [-0.1, -0.05) is 11.6 Å². The minimum absolute atomic E-state index is 0.0407. The average Bonchev–Trinajstić information content (AvgIpc) is 3.19. The van der Waals surface area contributed by atoms with Crippen LogP contribution in [0.25, 0.3) is 0 Å². The first-order valence-corrected chi connectivity index (χ1v) is 10.5. The van der Waals surface area contributed by atoms with Crippen molar-refractivity contribution in [2.75, 3.05) is 19.7 Å². The van der Waals surface area contributed by atoms with Crippen LogP contribution in [0.5, 0.6) is 11.5 Å². The predicted octanol–water partition coefficient (Wildman–Crippen LogP) is 3.98. The first-order valence-electron chi connectivity index (χ1n) is 8.71. The molecule has 6 nitrogen and oxygen atoms in total. The minimum Gasteiger partial charge on any atom is -0.507 e. The van der Waals surface area contributed by atoms with Gasteiger partial charge in [0, 0.05) is 29.9 Å². The molecule has 3 rings (SSSR count). The Hall–Kier alpha value is -2.09. The van der Waals surface area contributed by atoms with Crippen LogP contribution in [0, 0.1) is 0 Å². The molecule has 2 aromatic carbocycles. The van der Waals surface area contributed by atoms with E-state index in [0.717, 1.165) is 12.8 Å². The van der Waals surface area contributed by atoms with E-state index in [-0.39, 0.29) is 10.6 Å². The summed E-state index contributed by atoms with van der Waals surface area (Å²) in [6.07, 6.45) is 3.16. The first-order chi connectivity index (χ1) is 12.9. The predicted molar refractivity (Wildman–Crippen MR) is 106 cm³/mol. The van der Waals surface area contributed by atoms with Gasteiger partial charge < -0.3 is 9.84 Å². The lowest BCUT2D eigenvalue weighted by Crippen LogP contribution is -2.28. The Bertz CT molecular complexity index is 954. The van der Waals surface area contributed by atoms with Gasteiger partial charge in [-0.15, -0.1) is 0 Å². The van der Waals surface area contributed by atoms with Gasteiger partial charge in [0.25, 0.3) is 0 Å². The van der Waals surface area contributed by atoms with E-state index in [1.165, 1.54) is 22.7 Å². The third-order valence-electron chi connectivity index (χ3n) is 4.25. The molecule has 0 aliphatic carbocycles. The smallest absolute Gasteiger partial charge is 0.246 e. The summed E-state index contributed by atoms with van der Waals surface area (Å²) < 4.78 is 33.0. The molecule has 0 unspecified atom stereocenters. The zero-order valence-electron chi connectivity index (χ0n) is 14.9. The van der Waals surface area contributed by atoms with Crippen molar-refractivity contribution in [1.82, 2.24) is 4.31 Å². The van der Waals surface area contributed by atoms with Gasteiger partial charge in [0.05, 0.1) is 12.3 Å². The Labute approximate surface area is 164 Å². The Morgan fingerprint density at radius 1 is 1.22 bits per heavy atom. The first kappa shape index (κ1) is 19.7. The SMILES string of the molecule is CCOc1ccc(N=Cc2cc(Cl)ccc2O)cc1S(=O)(=O)N1CCCC1. The van der Waals surface area contributed by atoms with E-state index in [2.05, 4.69) is 4.99 Å². The van der Waals surface area contributed by atoms with Crippen LogP contribution in [0.1, 0.15) is 25.3 Å². The van der Waals surface area contributed by atoms with Crippen molar-refractivity contribution in [3.8, 4) is 11.5 Å². The molecule has 0 spiro atoms. The van der Waals surface area contributed by atoms with Gasteiger partial charge in [-0.2, -0.15) is 4.31 Å². The van der Waals surface area contributed by atoms with E-state index >= 15 is 0 Å². The summed E-state index contributed by atoms with van der Waals surface area (Å²) in [6.45, 7) is 3.19. The summed E-state index contributed by atoms with van der Waals surface area (Å²) >= 11 is 5.94. The van der Waals surface area contributed by atoms with Gasteiger partial charge in [-0.3, -0.25) is 4.99 Å². The lowest BCUT2D eigenvalue weighted by atomic mass is 10.2. The van der Waals surface area contributed by atoms with E-state index in [1.54, 1.807) is 31.2 Å². The fourth-order valence-electron chi connectivity index (χ4n) is 2.89. The fourth-order valence-corrected chi connectivity index (χ4v) is 4.74. The number of halogens is 1. The van der Waals surface area contributed by atoms with E-state index in [0.29, 0.717) is 41.7 Å². The van der Waals surface area contributed by atoms with Crippen LogP contribution in [0.4, 0.5) is 5.69 Å². The molecule has 144 valence electrons. The highest BCUT2D eigenvalue weighted by Gasteiger charge is 2.30. The van der Waals surface area contributed by atoms with Crippen molar-refractivity contribution in [3.05, 3.63) is 47.0 Å². The molecular formula is C19H21ClN2O4S. The van der Waals surface area contributed by atoms with Crippen LogP contribution in [0.15, 0.2) is 46.3 Å². The number of hydrogen-bond acceptors (Lipinski definition) is 5. The number of sulfonamides is 1. The second-order valence-corrected chi connectivity index (χ2v) is 8.48. The minimum atomic E-state index is -3.65. The lowest BCUT2D eigenvalue weighted by molar-refractivity contribution is 0.329. The normalized spacial score (nSPS) is 15.5. The van der Waals surface area contributed by atoms with Gasteiger partial charge >= 0.3 is 0 Å². The number of phenolic OH excluding ortho intramolecular Hbond substituents is 1. The molecule has 1 aliphatic rings. The van der Waals surface area contributed by atoms with Gasteiger partial charge in [0.15, 0.2) is 0 Å². The van der Waals surface area contributed by atoms with Crippen molar-refractivity contribution < 1.29 is 18.3 Å². The molecule has 2 aromatic rings. The van der Waals surface area contributed by atoms with Crippen molar-refractivity contribution in [2.24, 2.45) is 4.99 Å². The van der Waals surface area contributed by atoms with Crippen LogP contribution in [-0.4, -0.2) is 43.7 Å². The summed E-state index contributed by atoms with van der Waals surface area (Å²) in [6, 6.07) is 9.41. The standard InChI is InChI=1S/C19H21ClN2O4S/c1-2-26-18-8-6-16(21-13-14-11-15(20)5-7-17(14)23)12-19(18)27(24,25)22-9-3-4-10-22/h5-8,11-13,23H,2-4,9-10H2,1H3. The molecular weight excluding hydrogens is 388 g/mol. The highest BCUT2D eigenvalue weighted by molar-refractivity contribution is 7.89. The average molecular weight is 409 g/mol. The monoisotopic (exact) mass is 408 g/mol. The highest BCUT2D eigenvalue weighted by atomic mass is 35.5. The molecule has 27 heavy (non-hydrogen) atoms. The number of aliphatic imine (C=N–C) groups is 1. The molecule has 1 fully saturated rings. The Kier molecular flexibility index (Phi) is 6.04. The molecule has 0 saturated carbocycles.